The molecule has 1 saturated carbocycles. The van der Waals surface area contributed by atoms with Gasteiger partial charge >= 0.3 is 5.97 Å². The third-order valence-corrected chi connectivity index (χ3v) is 8.07. The maximum absolute atomic E-state index is 12.3. The van der Waals surface area contributed by atoms with Gasteiger partial charge in [-0.2, -0.15) is 0 Å². The molecule has 0 amide bonds. The van der Waals surface area contributed by atoms with Crippen molar-refractivity contribution < 1.29 is 24.5 Å². The summed E-state index contributed by atoms with van der Waals surface area (Å²) in [6.07, 6.45) is 6.32. The second-order valence-electron chi connectivity index (χ2n) is 12.7. The van der Waals surface area contributed by atoms with Crippen molar-refractivity contribution in [2.75, 3.05) is 42.0 Å². The van der Waals surface area contributed by atoms with Crippen LogP contribution in [0.3, 0.4) is 0 Å². The van der Waals surface area contributed by atoms with E-state index in [1.165, 1.54) is 12.8 Å². The van der Waals surface area contributed by atoms with Crippen molar-refractivity contribution in [3.05, 3.63) is 89.5 Å². The smallest absolute Gasteiger partial charge is 0.338 e. The zero-order chi connectivity index (χ0) is 37.1. The summed E-state index contributed by atoms with van der Waals surface area (Å²) in [6.45, 7) is 15.9. The highest BCUT2D eigenvalue weighted by Crippen LogP contribution is 2.27. The van der Waals surface area contributed by atoms with Crippen molar-refractivity contribution in [2.45, 2.75) is 85.5 Å². The average Bonchev–Trinajstić information content (AvgIpc) is 3.92. The minimum Gasteiger partial charge on any atom is -0.508 e. The Balaban J connectivity index is 0.000000674. The molecule has 11 heteroatoms. The van der Waals surface area contributed by atoms with Gasteiger partial charge in [0.15, 0.2) is 0 Å². The molecule has 1 aromatic heterocycles. The van der Waals surface area contributed by atoms with Gasteiger partial charge in [-0.05, 0) is 80.4 Å². The number of aromatic hydroxyl groups is 1. The first kappa shape index (κ1) is 42.7. The fraction of sp³-hybridized carbons (Fsp3) is 0.513. The number of alkyl halides is 1. The molecule has 1 aliphatic carbocycles. The number of phenols is 1. The number of carbonyl (C=O) groups is 1. The van der Waals surface area contributed by atoms with Crippen LogP contribution >= 0.6 is 22.6 Å². The van der Waals surface area contributed by atoms with E-state index < -0.39 is 5.97 Å². The topological polar surface area (TPSA) is 129 Å². The SMILES string of the molecule is C=C(Nc1ncnc(N(C)CCC(COCc2c(O)cccc2C(=O)OCC)CC(C)C)c1CC)NC1CC1.CI.C[C@H](O)c1ccccc1. The van der Waals surface area contributed by atoms with E-state index in [0.717, 1.165) is 54.4 Å². The van der Waals surface area contributed by atoms with E-state index in [0.29, 0.717) is 35.6 Å². The largest absolute Gasteiger partial charge is 0.508 e. The van der Waals surface area contributed by atoms with Crippen LogP contribution in [0, 0.1) is 11.8 Å². The van der Waals surface area contributed by atoms with E-state index in [-0.39, 0.29) is 25.1 Å². The number of aliphatic hydroxyl groups is 1. The Kier molecular flexibility index (Phi) is 19.8. The normalized spacial score (nSPS) is 13.2. The van der Waals surface area contributed by atoms with Gasteiger partial charge in [0, 0.05) is 37.4 Å². The van der Waals surface area contributed by atoms with Crippen molar-refractivity contribution in [1.29, 1.82) is 0 Å². The summed E-state index contributed by atoms with van der Waals surface area (Å²) in [5.41, 5.74) is 2.83. The van der Waals surface area contributed by atoms with Crippen LogP contribution < -0.4 is 15.5 Å². The molecule has 10 nitrogen and oxygen atoms in total. The lowest BCUT2D eigenvalue weighted by Gasteiger charge is -2.26. The summed E-state index contributed by atoms with van der Waals surface area (Å²) in [7, 11) is 2.06. The fourth-order valence-corrected chi connectivity index (χ4v) is 5.42. The number of hydrogen-bond acceptors (Lipinski definition) is 10. The first-order valence-electron chi connectivity index (χ1n) is 17.5. The molecule has 1 aliphatic rings. The number of esters is 1. The lowest BCUT2D eigenvalue weighted by molar-refractivity contribution is 0.0508. The van der Waals surface area contributed by atoms with Gasteiger partial charge in [0.25, 0.3) is 0 Å². The van der Waals surface area contributed by atoms with Crippen molar-refractivity contribution >= 4 is 40.2 Å². The number of halogens is 1. The van der Waals surface area contributed by atoms with Crippen molar-refractivity contribution in [3.63, 3.8) is 0 Å². The molecular formula is C39H58IN5O5. The molecule has 4 N–H and O–H groups in total. The number of carbonyl (C=O) groups excluding carboxylic acids is 1. The molecule has 0 aliphatic heterocycles. The fourth-order valence-electron chi connectivity index (χ4n) is 5.42. The summed E-state index contributed by atoms with van der Waals surface area (Å²) in [4.78, 5) is 25.6. The highest BCUT2D eigenvalue weighted by Gasteiger charge is 2.23. The molecule has 0 spiro atoms. The van der Waals surface area contributed by atoms with Crippen LogP contribution in [0.15, 0.2) is 67.3 Å². The quantitative estimate of drug-likeness (QED) is 0.0570. The van der Waals surface area contributed by atoms with Gasteiger partial charge in [0.05, 0.1) is 30.7 Å². The van der Waals surface area contributed by atoms with Crippen molar-refractivity contribution in [2.24, 2.45) is 11.8 Å². The zero-order valence-corrected chi connectivity index (χ0v) is 33.1. The van der Waals surface area contributed by atoms with Gasteiger partial charge in [-0.15, -0.1) is 0 Å². The highest BCUT2D eigenvalue weighted by molar-refractivity contribution is 14.1. The van der Waals surface area contributed by atoms with E-state index in [2.05, 4.69) is 82.5 Å². The number of nitrogens with one attached hydrogen (secondary N) is 2. The lowest BCUT2D eigenvalue weighted by Crippen LogP contribution is -2.26. The summed E-state index contributed by atoms with van der Waals surface area (Å²) in [5, 5.41) is 26.1. The molecule has 0 saturated heterocycles. The molecule has 3 aromatic rings. The summed E-state index contributed by atoms with van der Waals surface area (Å²) < 4.78 is 11.2. The number of benzene rings is 2. The Hall–Kier alpha value is -3.42. The number of anilines is 2. The predicted molar refractivity (Wildman–Crippen MR) is 212 cm³/mol. The highest BCUT2D eigenvalue weighted by atomic mass is 127. The van der Waals surface area contributed by atoms with Crippen LogP contribution in [0.25, 0.3) is 0 Å². The standard InChI is InChI=1S/C30H45N5O4.C8H10O.CH3I/c1-7-24-28(34-21(5)33-23-12-13-23)31-19-32-29(24)35(6)15-14-22(16-20(3)4)17-38-18-26-25(30(37)39-8-2)10-9-11-27(26)36;1-7(9)8-5-3-2-4-6-8;1-2/h9-11,19-20,22-23,33,36H,5,7-8,12-18H2,1-4,6H3,(H,31,32,34);2-7,9H,1H3;1H3/t;7-;/m.0./s1. The van der Waals surface area contributed by atoms with Gasteiger partial charge in [0.2, 0.25) is 0 Å². The maximum atomic E-state index is 12.3. The van der Waals surface area contributed by atoms with Crippen molar-refractivity contribution in [1.82, 2.24) is 15.3 Å². The van der Waals surface area contributed by atoms with Crippen LogP contribution in [0.2, 0.25) is 0 Å². The van der Waals surface area contributed by atoms with E-state index in [4.69, 9.17) is 14.6 Å². The number of hydrogen-bond donors (Lipinski definition) is 4. The number of rotatable bonds is 18. The average molecular weight is 804 g/mol. The van der Waals surface area contributed by atoms with Crippen LogP contribution in [0.4, 0.5) is 11.6 Å². The lowest BCUT2D eigenvalue weighted by atomic mass is 9.94. The van der Waals surface area contributed by atoms with Crippen LogP contribution in [-0.2, 0) is 22.5 Å². The Morgan fingerprint density at radius 2 is 1.76 bits per heavy atom. The number of nitrogens with zero attached hydrogens (tertiary/aromatic N) is 3. The zero-order valence-electron chi connectivity index (χ0n) is 30.9. The maximum Gasteiger partial charge on any atom is 0.338 e. The van der Waals surface area contributed by atoms with Crippen LogP contribution in [0.5, 0.6) is 5.75 Å². The summed E-state index contributed by atoms with van der Waals surface area (Å²) in [6, 6.07) is 15.0. The molecule has 1 heterocycles. The first-order chi connectivity index (χ1) is 24.0. The van der Waals surface area contributed by atoms with E-state index in [9.17, 15) is 9.90 Å². The summed E-state index contributed by atoms with van der Waals surface area (Å²) in [5.74, 6) is 2.86. The Morgan fingerprint density at radius 3 is 2.34 bits per heavy atom. The van der Waals surface area contributed by atoms with Crippen molar-refractivity contribution in [3.8, 4) is 5.75 Å². The third kappa shape index (κ3) is 14.8. The van der Waals surface area contributed by atoms with Crippen LogP contribution in [0.1, 0.15) is 93.5 Å². The molecule has 1 unspecified atom stereocenters. The molecule has 2 aromatic carbocycles. The molecule has 0 bridgehead atoms. The molecule has 1 fully saturated rings. The number of aromatic nitrogens is 2. The number of ether oxygens (including phenoxy) is 2. The van der Waals surface area contributed by atoms with Gasteiger partial charge < -0.3 is 35.2 Å². The van der Waals surface area contributed by atoms with E-state index in [1.807, 2.05) is 35.3 Å². The molecule has 276 valence electrons. The van der Waals surface area contributed by atoms with Gasteiger partial charge in [-0.1, -0.05) is 86.3 Å². The number of phenolic OH excluding ortho intramolecular Hbond substituents is 1. The van der Waals surface area contributed by atoms with E-state index in [1.54, 1.807) is 38.4 Å². The molecule has 4 rings (SSSR count). The Morgan fingerprint density at radius 1 is 1.06 bits per heavy atom. The molecule has 50 heavy (non-hydrogen) atoms. The Labute approximate surface area is 313 Å². The predicted octanol–water partition coefficient (Wildman–Crippen LogP) is 8.05. The summed E-state index contributed by atoms with van der Waals surface area (Å²) >= 11 is 2.15. The minimum atomic E-state index is -0.454. The second kappa shape index (κ2) is 23.1. The Bertz CT molecular complexity index is 1440. The van der Waals surface area contributed by atoms with Gasteiger partial charge in [-0.25, -0.2) is 14.8 Å². The first-order valence-corrected chi connectivity index (χ1v) is 19.6. The number of aliphatic hydroxyl groups excluding tert-OH is 1. The van der Waals surface area contributed by atoms with Gasteiger partial charge in [-0.3, -0.25) is 0 Å². The van der Waals surface area contributed by atoms with Crippen LogP contribution in [-0.4, -0.2) is 63.9 Å². The molecule has 2 atom stereocenters. The molecular weight excluding hydrogens is 745 g/mol. The monoisotopic (exact) mass is 803 g/mol. The van der Waals surface area contributed by atoms with E-state index >= 15 is 0 Å². The molecule has 0 radical (unpaired) electrons. The second-order valence-corrected chi connectivity index (χ2v) is 12.7. The van der Waals surface area contributed by atoms with Gasteiger partial charge in [0.1, 0.15) is 23.7 Å². The third-order valence-electron chi connectivity index (χ3n) is 8.07. The minimum absolute atomic E-state index is 0.0379.